The molecule has 5 nitrogen and oxygen atoms in total. The van der Waals surface area contributed by atoms with Gasteiger partial charge in [0.15, 0.2) is 0 Å². The molecule has 0 atom stereocenters. The fourth-order valence-electron chi connectivity index (χ4n) is 2.41. The molecule has 0 amide bonds. The molecule has 0 unspecified atom stereocenters. The summed E-state index contributed by atoms with van der Waals surface area (Å²) in [7, 11) is 0. The second-order valence-electron chi connectivity index (χ2n) is 5.70. The maximum Gasteiger partial charge on any atom is 0.269 e. The number of hydrogen-bond donors (Lipinski definition) is 1. The molecule has 0 spiro atoms. The van der Waals surface area contributed by atoms with Gasteiger partial charge in [0.25, 0.3) is 5.69 Å². The molecule has 3 rings (SSSR count). The first-order valence-electron chi connectivity index (χ1n) is 8.05. The predicted octanol–water partition coefficient (Wildman–Crippen LogP) is 5.55. The van der Waals surface area contributed by atoms with E-state index in [1.165, 1.54) is 12.1 Å². The van der Waals surface area contributed by atoms with Gasteiger partial charge in [-0.15, -0.1) is 0 Å². The summed E-state index contributed by atoms with van der Waals surface area (Å²) in [6.45, 7) is 1.12. The predicted molar refractivity (Wildman–Crippen MR) is 105 cm³/mol. The molecule has 26 heavy (non-hydrogen) atoms. The quantitative estimate of drug-likeness (QED) is 0.408. The Kier molecular flexibility index (Phi) is 5.86. The molecule has 0 radical (unpaired) electrons. The SMILES string of the molecule is O=[N+]([O-])c1ccc(NCc2ccc(OCc3ccccc3)c(Br)c2)cc1. The van der Waals surface area contributed by atoms with Gasteiger partial charge >= 0.3 is 0 Å². The first kappa shape index (κ1) is 17.9. The lowest BCUT2D eigenvalue weighted by Gasteiger charge is -2.11. The van der Waals surface area contributed by atoms with Crippen molar-refractivity contribution < 1.29 is 9.66 Å². The Hall–Kier alpha value is -2.86. The van der Waals surface area contributed by atoms with Crippen LogP contribution >= 0.6 is 15.9 Å². The molecule has 0 bridgehead atoms. The molecule has 0 saturated carbocycles. The second kappa shape index (κ2) is 8.49. The highest BCUT2D eigenvalue weighted by atomic mass is 79.9. The van der Waals surface area contributed by atoms with Gasteiger partial charge in [0.2, 0.25) is 0 Å². The van der Waals surface area contributed by atoms with Crippen molar-refractivity contribution >= 4 is 27.3 Å². The van der Waals surface area contributed by atoms with Crippen molar-refractivity contribution in [1.29, 1.82) is 0 Å². The molecule has 1 N–H and O–H groups in total. The summed E-state index contributed by atoms with van der Waals surface area (Å²) >= 11 is 3.54. The van der Waals surface area contributed by atoms with Gasteiger partial charge in [-0.2, -0.15) is 0 Å². The van der Waals surface area contributed by atoms with Crippen molar-refractivity contribution in [2.45, 2.75) is 13.2 Å². The lowest BCUT2D eigenvalue weighted by molar-refractivity contribution is -0.384. The number of benzene rings is 3. The fourth-order valence-corrected chi connectivity index (χ4v) is 2.95. The summed E-state index contributed by atoms with van der Waals surface area (Å²) in [6.07, 6.45) is 0. The van der Waals surface area contributed by atoms with E-state index in [9.17, 15) is 10.1 Å². The zero-order valence-corrected chi connectivity index (χ0v) is 15.5. The number of nitrogens with one attached hydrogen (secondary N) is 1. The second-order valence-corrected chi connectivity index (χ2v) is 6.55. The summed E-state index contributed by atoms with van der Waals surface area (Å²) in [6, 6.07) is 22.3. The topological polar surface area (TPSA) is 64.4 Å². The number of nitrogens with zero attached hydrogens (tertiary/aromatic N) is 1. The zero-order valence-electron chi connectivity index (χ0n) is 13.9. The van der Waals surface area contributed by atoms with Crippen LogP contribution in [0.2, 0.25) is 0 Å². The molecule has 0 aromatic heterocycles. The van der Waals surface area contributed by atoms with Crippen LogP contribution in [0.3, 0.4) is 0 Å². The Balaban J connectivity index is 1.57. The summed E-state index contributed by atoms with van der Waals surface area (Å²) in [5, 5.41) is 13.9. The Labute approximate surface area is 159 Å². The van der Waals surface area contributed by atoms with E-state index < -0.39 is 4.92 Å². The smallest absolute Gasteiger partial charge is 0.269 e. The maximum absolute atomic E-state index is 10.7. The largest absolute Gasteiger partial charge is 0.488 e. The number of hydrogen-bond acceptors (Lipinski definition) is 4. The van der Waals surface area contributed by atoms with Gasteiger partial charge in [-0.05, 0) is 51.3 Å². The highest BCUT2D eigenvalue weighted by Gasteiger charge is 2.06. The summed E-state index contributed by atoms with van der Waals surface area (Å²) in [5.74, 6) is 0.785. The van der Waals surface area contributed by atoms with Crippen LogP contribution in [0.25, 0.3) is 0 Å². The van der Waals surface area contributed by atoms with Crippen LogP contribution in [0, 0.1) is 10.1 Å². The number of ether oxygens (including phenoxy) is 1. The van der Waals surface area contributed by atoms with Crippen molar-refractivity contribution in [2.24, 2.45) is 0 Å². The maximum atomic E-state index is 10.7. The summed E-state index contributed by atoms with van der Waals surface area (Å²) in [5.41, 5.74) is 3.10. The van der Waals surface area contributed by atoms with Crippen LogP contribution in [0.15, 0.2) is 77.3 Å². The minimum atomic E-state index is -0.408. The van der Waals surface area contributed by atoms with Crippen LogP contribution in [-0.4, -0.2) is 4.92 Å². The lowest BCUT2D eigenvalue weighted by Crippen LogP contribution is -2.01. The van der Waals surface area contributed by atoms with Gasteiger partial charge in [-0.3, -0.25) is 10.1 Å². The van der Waals surface area contributed by atoms with Crippen LogP contribution in [0.1, 0.15) is 11.1 Å². The minimum absolute atomic E-state index is 0.0817. The molecule has 0 aliphatic carbocycles. The minimum Gasteiger partial charge on any atom is -0.488 e. The van der Waals surface area contributed by atoms with E-state index >= 15 is 0 Å². The lowest BCUT2D eigenvalue weighted by atomic mass is 10.2. The number of rotatable bonds is 7. The number of nitro groups is 1. The summed E-state index contributed by atoms with van der Waals surface area (Å²) < 4.78 is 6.73. The number of anilines is 1. The van der Waals surface area contributed by atoms with Gasteiger partial charge in [-0.25, -0.2) is 0 Å². The molecule has 6 heteroatoms. The van der Waals surface area contributed by atoms with Crippen molar-refractivity contribution in [1.82, 2.24) is 0 Å². The van der Waals surface area contributed by atoms with E-state index in [0.717, 1.165) is 27.0 Å². The Morgan fingerprint density at radius 2 is 1.69 bits per heavy atom. The highest BCUT2D eigenvalue weighted by molar-refractivity contribution is 9.10. The third-order valence-electron chi connectivity index (χ3n) is 3.81. The third kappa shape index (κ3) is 4.83. The van der Waals surface area contributed by atoms with Crippen molar-refractivity contribution in [3.05, 3.63) is 98.5 Å². The van der Waals surface area contributed by atoms with Crippen LogP contribution in [-0.2, 0) is 13.2 Å². The number of nitro benzene ring substituents is 1. The summed E-state index contributed by atoms with van der Waals surface area (Å²) in [4.78, 5) is 10.3. The van der Waals surface area contributed by atoms with Gasteiger partial charge in [-0.1, -0.05) is 36.4 Å². The molecular formula is C20H17BrN2O3. The van der Waals surface area contributed by atoms with Crippen molar-refractivity contribution in [3.8, 4) is 5.75 Å². The Morgan fingerprint density at radius 3 is 2.35 bits per heavy atom. The molecule has 0 saturated heterocycles. The van der Waals surface area contributed by atoms with Gasteiger partial charge in [0, 0.05) is 24.4 Å². The van der Waals surface area contributed by atoms with E-state index in [1.54, 1.807) is 12.1 Å². The Morgan fingerprint density at radius 1 is 0.962 bits per heavy atom. The van der Waals surface area contributed by atoms with E-state index in [-0.39, 0.29) is 5.69 Å². The highest BCUT2D eigenvalue weighted by Crippen LogP contribution is 2.27. The first-order chi connectivity index (χ1) is 12.6. The van der Waals surface area contributed by atoms with Gasteiger partial charge in [0.1, 0.15) is 12.4 Å². The van der Waals surface area contributed by atoms with E-state index in [2.05, 4.69) is 21.2 Å². The molecule has 3 aromatic rings. The van der Waals surface area contributed by atoms with Gasteiger partial charge < -0.3 is 10.1 Å². The van der Waals surface area contributed by atoms with E-state index in [4.69, 9.17) is 4.74 Å². The molecule has 0 fully saturated rings. The molecule has 3 aromatic carbocycles. The average molecular weight is 413 g/mol. The number of non-ortho nitro benzene ring substituents is 1. The monoisotopic (exact) mass is 412 g/mol. The average Bonchev–Trinajstić information content (AvgIpc) is 2.67. The molecule has 0 aliphatic heterocycles. The van der Waals surface area contributed by atoms with E-state index in [1.807, 2.05) is 48.5 Å². The van der Waals surface area contributed by atoms with Crippen molar-refractivity contribution in [3.63, 3.8) is 0 Å². The molecule has 0 heterocycles. The van der Waals surface area contributed by atoms with E-state index in [0.29, 0.717) is 13.2 Å². The van der Waals surface area contributed by atoms with Gasteiger partial charge in [0.05, 0.1) is 9.40 Å². The first-order valence-corrected chi connectivity index (χ1v) is 8.84. The van der Waals surface area contributed by atoms with Crippen LogP contribution in [0.5, 0.6) is 5.75 Å². The van der Waals surface area contributed by atoms with Crippen molar-refractivity contribution in [2.75, 3.05) is 5.32 Å². The molecule has 0 aliphatic rings. The zero-order chi connectivity index (χ0) is 18.4. The number of halogens is 1. The molecular weight excluding hydrogens is 396 g/mol. The van der Waals surface area contributed by atoms with Crippen LogP contribution in [0.4, 0.5) is 11.4 Å². The standard InChI is InChI=1S/C20H17BrN2O3/c21-19-12-16(13-22-17-7-9-18(10-8-17)23(24)25)6-11-20(19)26-14-15-4-2-1-3-5-15/h1-12,22H,13-14H2. The normalized spacial score (nSPS) is 10.3. The molecule has 132 valence electrons. The third-order valence-corrected chi connectivity index (χ3v) is 4.43. The fraction of sp³-hybridized carbons (Fsp3) is 0.100. The van der Waals surface area contributed by atoms with Crippen LogP contribution < -0.4 is 10.1 Å². The Bertz CT molecular complexity index is 883.